The Labute approximate surface area is 173 Å². The third-order valence-corrected chi connectivity index (χ3v) is 5.75. The van der Waals surface area contributed by atoms with E-state index >= 15 is 0 Å². The molecule has 1 atom stereocenters. The van der Waals surface area contributed by atoms with Crippen molar-refractivity contribution in [3.63, 3.8) is 0 Å². The Balaban J connectivity index is 1.55. The maximum atomic E-state index is 13.1. The number of nitrogens with zero attached hydrogens (tertiary/aromatic N) is 2. The number of nitrogens with one attached hydrogen (secondary N) is 1. The predicted octanol–water partition coefficient (Wildman–Crippen LogP) is 2.68. The smallest absolute Gasteiger partial charge is 0.349 e. The van der Waals surface area contributed by atoms with Gasteiger partial charge in [0, 0.05) is 38.1 Å². The van der Waals surface area contributed by atoms with E-state index in [1.54, 1.807) is 9.80 Å². The number of alkyl halides is 3. The Hall–Kier alpha value is -2.58. The summed E-state index contributed by atoms with van der Waals surface area (Å²) in [5.41, 5.74) is -1.36. The lowest BCUT2D eigenvalue weighted by Gasteiger charge is -2.34. The van der Waals surface area contributed by atoms with E-state index in [-0.39, 0.29) is 36.2 Å². The first-order valence-corrected chi connectivity index (χ1v) is 10.1. The molecule has 0 spiro atoms. The van der Waals surface area contributed by atoms with Crippen molar-refractivity contribution in [2.24, 2.45) is 5.92 Å². The zero-order valence-electron chi connectivity index (χ0n) is 17.0. The SMILES string of the molecule is CC(C)N1CC(C(=O)N2CCC(NC(=O)c3ccccc3C(F)(F)F)CC2)CC1=O. The number of hydrogen-bond donors (Lipinski definition) is 1. The predicted molar refractivity (Wildman–Crippen MR) is 103 cm³/mol. The summed E-state index contributed by atoms with van der Waals surface area (Å²) in [5.74, 6) is -1.21. The minimum atomic E-state index is -4.60. The van der Waals surface area contributed by atoms with Gasteiger partial charge in [-0.2, -0.15) is 13.2 Å². The molecule has 6 nitrogen and oxygen atoms in total. The number of benzene rings is 1. The van der Waals surface area contributed by atoms with E-state index in [1.165, 1.54) is 12.1 Å². The van der Waals surface area contributed by atoms with Crippen LogP contribution in [0.15, 0.2) is 24.3 Å². The Morgan fingerprint density at radius 3 is 2.33 bits per heavy atom. The molecule has 1 N–H and O–H groups in total. The monoisotopic (exact) mass is 425 g/mol. The fraction of sp³-hybridized carbons (Fsp3) is 0.571. The number of amides is 3. The molecular weight excluding hydrogens is 399 g/mol. The summed E-state index contributed by atoms with van der Waals surface area (Å²) in [7, 11) is 0. The lowest BCUT2D eigenvalue weighted by molar-refractivity contribution is -0.138. The number of carbonyl (C=O) groups excluding carboxylic acids is 3. The maximum absolute atomic E-state index is 13.1. The van der Waals surface area contributed by atoms with Crippen LogP contribution in [0.1, 0.15) is 49.0 Å². The van der Waals surface area contributed by atoms with Crippen molar-refractivity contribution in [1.29, 1.82) is 0 Å². The second-order valence-corrected chi connectivity index (χ2v) is 8.16. The topological polar surface area (TPSA) is 69.7 Å². The van der Waals surface area contributed by atoms with Gasteiger partial charge in [0.2, 0.25) is 11.8 Å². The fourth-order valence-electron chi connectivity index (χ4n) is 4.09. The van der Waals surface area contributed by atoms with Gasteiger partial charge in [-0.25, -0.2) is 0 Å². The highest BCUT2D eigenvalue weighted by Gasteiger charge is 2.39. The van der Waals surface area contributed by atoms with E-state index in [2.05, 4.69) is 5.32 Å². The summed E-state index contributed by atoms with van der Waals surface area (Å²) in [6, 6.07) is 4.44. The van der Waals surface area contributed by atoms with Crippen LogP contribution < -0.4 is 5.32 Å². The second-order valence-electron chi connectivity index (χ2n) is 8.16. The molecule has 2 heterocycles. The van der Waals surface area contributed by atoms with Gasteiger partial charge in [0.1, 0.15) is 0 Å². The average Bonchev–Trinajstić information content (AvgIpc) is 3.09. The molecule has 2 aliphatic heterocycles. The van der Waals surface area contributed by atoms with E-state index in [1.807, 2.05) is 13.8 Å². The van der Waals surface area contributed by atoms with E-state index in [4.69, 9.17) is 0 Å². The number of halogens is 3. The number of hydrogen-bond acceptors (Lipinski definition) is 3. The highest BCUT2D eigenvalue weighted by molar-refractivity contribution is 5.96. The molecule has 2 aliphatic rings. The maximum Gasteiger partial charge on any atom is 0.417 e. The first-order chi connectivity index (χ1) is 14.1. The number of rotatable bonds is 4. The van der Waals surface area contributed by atoms with Crippen molar-refractivity contribution in [3.05, 3.63) is 35.4 Å². The van der Waals surface area contributed by atoms with Gasteiger partial charge in [0.05, 0.1) is 17.0 Å². The van der Waals surface area contributed by atoms with Gasteiger partial charge in [0.15, 0.2) is 0 Å². The summed E-state index contributed by atoms with van der Waals surface area (Å²) in [6.07, 6.45) is -3.48. The second kappa shape index (κ2) is 8.65. The molecule has 0 aliphatic carbocycles. The first kappa shape index (κ1) is 22.1. The van der Waals surface area contributed by atoms with Crippen LogP contribution in [-0.4, -0.2) is 59.2 Å². The van der Waals surface area contributed by atoms with Gasteiger partial charge in [-0.3, -0.25) is 14.4 Å². The molecule has 2 fully saturated rings. The average molecular weight is 425 g/mol. The van der Waals surface area contributed by atoms with Crippen molar-refractivity contribution in [2.45, 2.75) is 51.4 Å². The van der Waals surface area contributed by atoms with Crippen LogP contribution in [0.4, 0.5) is 13.2 Å². The molecular formula is C21H26F3N3O3. The summed E-state index contributed by atoms with van der Waals surface area (Å²) in [4.78, 5) is 40.6. The lowest BCUT2D eigenvalue weighted by Crippen LogP contribution is -2.48. The van der Waals surface area contributed by atoms with Crippen LogP contribution in [0.25, 0.3) is 0 Å². The Morgan fingerprint density at radius 2 is 1.77 bits per heavy atom. The molecule has 0 saturated carbocycles. The largest absolute Gasteiger partial charge is 0.417 e. The normalized spacial score (nSPS) is 20.7. The van der Waals surface area contributed by atoms with Gasteiger partial charge >= 0.3 is 6.18 Å². The molecule has 9 heteroatoms. The molecule has 2 saturated heterocycles. The molecule has 1 aromatic carbocycles. The van der Waals surface area contributed by atoms with Crippen LogP contribution in [-0.2, 0) is 15.8 Å². The van der Waals surface area contributed by atoms with Gasteiger partial charge < -0.3 is 15.1 Å². The summed E-state index contributed by atoms with van der Waals surface area (Å²) >= 11 is 0. The highest BCUT2D eigenvalue weighted by atomic mass is 19.4. The van der Waals surface area contributed by atoms with Crippen molar-refractivity contribution < 1.29 is 27.6 Å². The van der Waals surface area contributed by atoms with E-state index in [0.717, 1.165) is 12.1 Å². The number of piperidine rings is 1. The molecule has 0 bridgehead atoms. The van der Waals surface area contributed by atoms with Crippen LogP contribution in [0, 0.1) is 5.92 Å². The summed E-state index contributed by atoms with van der Waals surface area (Å²) in [5, 5.41) is 2.67. The Morgan fingerprint density at radius 1 is 1.13 bits per heavy atom. The minimum Gasteiger partial charge on any atom is -0.349 e. The zero-order valence-corrected chi connectivity index (χ0v) is 17.0. The van der Waals surface area contributed by atoms with Gasteiger partial charge in [0.25, 0.3) is 5.91 Å². The summed E-state index contributed by atoms with van der Waals surface area (Å²) in [6.45, 7) is 5.04. The number of carbonyl (C=O) groups is 3. The minimum absolute atomic E-state index is 0.0196. The van der Waals surface area contributed by atoms with Gasteiger partial charge in [-0.15, -0.1) is 0 Å². The van der Waals surface area contributed by atoms with Crippen LogP contribution >= 0.6 is 0 Å². The van der Waals surface area contributed by atoms with Crippen LogP contribution in [0.3, 0.4) is 0 Å². The summed E-state index contributed by atoms with van der Waals surface area (Å²) < 4.78 is 39.4. The highest BCUT2D eigenvalue weighted by Crippen LogP contribution is 2.32. The molecule has 1 aromatic rings. The van der Waals surface area contributed by atoms with Crippen LogP contribution in [0.5, 0.6) is 0 Å². The third-order valence-electron chi connectivity index (χ3n) is 5.75. The fourth-order valence-corrected chi connectivity index (χ4v) is 4.09. The van der Waals surface area contributed by atoms with Crippen molar-refractivity contribution in [2.75, 3.05) is 19.6 Å². The molecule has 164 valence electrons. The van der Waals surface area contributed by atoms with E-state index < -0.39 is 23.2 Å². The molecule has 0 aromatic heterocycles. The quantitative estimate of drug-likeness (QED) is 0.807. The first-order valence-electron chi connectivity index (χ1n) is 10.1. The van der Waals surface area contributed by atoms with Gasteiger partial charge in [-0.05, 0) is 38.8 Å². The standard InChI is InChI=1S/C21H26F3N3O3/c1-13(2)27-12-14(11-18(27)28)20(30)26-9-7-15(8-10-26)25-19(29)16-5-3-4-6-17(16)21(22,23)24/h3-6,13-15H,7-12H2,1-2H3,(H,25,29). The Bertz CT molecular complexity index is 817. The van der Waals surface area contributed by atoms with Crippen molar-refractivity contribution >= 4 is 17.7 Å². The Kier molecular flexibility index (Phi) is 6.38. The molecule has 30 heavy (non-hydrogen) atoms. The lowest BCUT2D eigenvalue weighted by atomic mass is 10.00. The molecule has 0 radical (unpaired) electrons. The van der Waals surface area contributed by atoms with E-state index in [0.29, 0.717) is 32.5 Å². The number of likely N-dealkylation sites (tertiary alicyclic amines) is 2. The third kappa shape index (κ3) is 4.76. The molecule has 3 rings (SSSR count). The van der Waals surface area contributed by atoms with Crippen molar-refractivity contribution in [3.8, 4) is 0 Å². The van der Waals surface area contributed by atoms with Gasteiger partial charge in [-0.1, -0.05) is 12.1 Å². The zero-order chi connectivity index (χ0) is 22.1. The van der Waals surface area contributed by atoms with E-state index in [9.17, 15) is 27.6 Å². The van der Waals surface area contributed by atoms with Crippen LogP contribution in [0.2, 0.25) is 0 Å². The molecule has 3 amide bonds. The van der Waals surface area contributed by atoms with Crippen molar-refractivity contribution in [1.82, 2.24) is 15.1 Å². The molecule has 1 unspecified atom stereocenters.